The summed E-state index contributed by atoms with van der Waals surface area (Å²) in [5.74, 6) is -0.824. The van der Waals surface area contributed by atoms with Crippen molar-refractivity contribution < 1.29 is 9.18 Å². The van der Waals surface area contributed by atoms with E-state index in [1.165, 1.54) is 22.9 Å². The Morgan fingerprint density at radius 2 is 1.89 bits per heavy atom. The summed E-state index contributed by atoms with van der Waals surface area (Å²) in [7, 11) is 0. The number of aromatic nitrogens is 2. The van der Waals surface area contributed by atoms with Crippen LogP contribution in [0.4, 0.5) is 10.1 Å². The largest absolute Gasteiger partial charge is 0.324 e. The zero-order valence-electron chi connectivity index (χ0n) is 14.4. The minimum absolute atomic E-state index is 0.129. The van der Waals surface area contributed by atoms with Gasteiger partial charge in [-0.15, -0.1) is 0 Å². The predicted molar refractivity (Wildman–Crippen MR) is 106 cm³/mol. The summed E-state index contributed by atoms with van der Waals surface area (Å²) in [6, 6.07) is 17.1. The molecule has 138 valence electrons. The van der Waals surface area contributed by atoms with Gasteiger partial charge in [-0.1, -0.05) is 46.3 Å². The van der Waals surface area contributed by atoms with Crippen LogP contribution in [0.25, 0.3) is 11.3 Å². The standard InChI is InChI=1S/C20H17BrFN3O2/c21-15-8-9-18(16(22)13-15)23-19(26)7-4-12-25-20(27)11-10-17(24-25)14-5-2-1-3-6-14/h1-3,5-6,8-11,13H,4,7,12H2,(H,23,26). The Hall–Kier alpha value is -2.80. The topological polar surface area (TPSA) is 64.0 Å². The quantitative estimate of drug-likeness (QED) is 0.637. The number of rotatable bonds is 6. The first kappa shape index (κ1) is 19.0. The Morgan fingerprint density at radius 3 is 2.63 bits per heavy atom. The maximum atomic E-state index is 13.8. The van der Waals surface area contributed by atoms with E-state index in [1.807, 2.05) is 30.3 Å². The van der Waals surface area contributed by atoms with E-state index in [0.29, 0.717) is 23.1 Å². The summed E-state index contributed by atoms with van der Waals surface area (Å²) in [5, 5.41) is 6.89. The van der Waals surface area contributed by atoms with E-state index >= 15 is 0 Å². The lowest BCUT2D eigenvalue weighted by Crippen LogP contribution is -2.23. The summed E-state index contributed by atoms with van der Waals surface area (Å²) >= 11 is 3.17. The number of nitrogens with zero attached hydrogens (tertiary/aromatic N) is 2. The molecule has 0 radical (unpaired) electrons. The molecule has 0 bridgehead atoms. The van der Waals surface area contributed by atoms with Crippen molar-refractivity contribution in [3.8, 4) is 11.3 Å². The molecule has 3 rings (SSSR count). The second kappa shape index (κ2) is 8.73. The van der Waals surface area contributed by atoms with Crippen LogP contribution in [0, 0.1) is 5.82 Å². The Labute approximate surface area is 164 Å². The van der Waals surface area contributed by atoms with E-state index in [2.05, 4.69) is 26.3 Å². The number of amides is 1. The van der Waals surface area contributed by atoms with Gasteiger partial charge in [0.1, 0.15) is 5.82 Å². The van der Waals surface area contributed by atoms with Gasteiger partial charge in [0.25, 0.3) is 5.56 Å². The minimum Gasteiger partial charge on any atom is -0.324 e. The maximum absolute atomic E-state index is 13.8. The zero-order chi connectivity index (χ0) is 19.2. The number of anilines is 1. The second-order valence-electron chi connectivity index (χ2n) is 5.92. The third-order valence-corrected chi connectivity index (χ3v) is 4.41. The summed E-state index contributed by atoms with van der Waals surface area (Å²) in [5.41, 5.74) is 1.50. The molecular weight excluding hydrogens is 413 g/mol. The van der Waals surface area contributed by atoms with E-state index in [1.54, 1.807) is 12.1 Å². The Morgan fingerprint density at radius 1 is 1.11 bits per heavy atom. The average Bonchev–Trinajstić information content (AvgIpc) is 2.66. The molecule has 2 aromatic carbocycles. The van der Waals surface area contributed by atoms with Crippen molar-refractivity contribution in [2.45, 2.75) is 19.4 Å². The molecule has 1 N–H and O–H groups in total. The van der Waals surface area contributed by atoms with Crippen LogP contribution >= 0.6 is 15.9 Å². The van der Waals surface area contributed by atoms with Crippen molar-refractivity contribution in [3.05, 3.63) is 81.3 Å². The lowest BCUT2D eigenvalue weighted by atomic mass is 10.1. The number of nitrogens with one attached hydrogen (secondary N) is 1. The molecule has 5 nitrogen and oxygen atoms in total. The highest BCUT2D eigenvalue weighted by Gasteiger charge is 2.08. The molecule has 0 aliphatic heterocycles. The van der Waals surface area contributed by atoms with Gasteiger partial charge in [-0.2, -0.15) is 5.10 Å². The number of carbonyl (C=O) groups is 1. The minimum atomic E-state index is -0.508. The molecule has 0 aliphatic carbocycles. The van der Waals surface area contributed by atoms with Crippen LogP contribution in [0.1, 0.15) is 12.8 Å². The van der Waals surface area contributed by atoms with Gasteiger partial charge >= 0.3 is 0 Å². The fourth-order valence-corrected chi connectivity index (χ4v) is 2.90. The highest BCUT2D eigenvalue weighted by molar-refractivity contribution is 9.10. The average molecular weight is 430 g/mol. The van der Waals surface area contributed by atoms with Crippen molar-refractivity contribution in [1.29, 1.82) is 0 Å². The molecule has 7 heteroatoms. The van der Waals surface area contributed by atoms with Crippen molar-refractivity contribution in [3.63, 3.8) is 0 Å². The molecule has 1 aromatic heterocycles. The first-order valence-electron chi connectivity index (χ1n) is 8.41. The number of aryl methyl sites for hydroxylation is 1. The van der Waals surface area contributed by atoms with Crippen LogP contribution in [0.2, 0.25) is 0 Å². The van der Waals surface area contributed by atoms with Crippen molar-refractivity contribution in [1.82, 2.24) is 9.78 Å². The molecule has 3 aromatic rings. The Bertz CT molecular complexity index is 1010. The molecule has 0 fully saturated rings. The molecule has 0 saturated carbocycles. The lowest BCUT2D eigenvalue weighted by molar-refractivity contribution is -0.116. The van der Waals surface area contributed by atoms with Gasteiger partial charge < -0.3 is 5.32 Å². The molecule has 0 atom stereocenters. The predicted octanol–water partition coefficient (Wildman–Crippen LogP) is 4.23. The van der Waals surface area contributed by atoms with E-state index in [-0.39, 0.29) is 23.6 Å². The van der Waals surface area contributed by atoms with Crippen LogP contribution in [-0.4, -0.2) is 15.7 Å². The van der Waals surface area contributed by atoms with Crippen molar-refractivity contribution in [2.24, 2.45) is 0 Å². The van der Waals surface area contributed by atoms with E-state index in [9.17, 15) is 14.0 Å². The van der Waals surface area contributed by atoms with Crippen LogP contribution in [0.5, 0.6) is 0 Å². The Kier molecular flexibility index (Phi) is 6.13. The SMILES string of the molecule is O=C(CCCn1nc(-c2ccccc2)ccc1=O)Nc1ccc(Br)cc1F. The van der Waals surface area contributed by atoms with Crippen LogP contribution in [0.15, 0.2) is 69.9 Å². The van der Waals surface area contributed by atoms with E-state index < -0.39 is 5.82 Å². The third-order valence-electron chi connectivity index (χ3n) is 3.92. The van der Waals surface area contributed by atoms with Gasteiger partial charge in [0.15, 0.2) is 0 Å². The lowest BCUT2D eigenvalue weighted by Gasteiger charge is -2.08. The smallest absolute Gasteiger partial charge is 0.266 e. The van der Waals surface area contributed by atoms with Gasteiger partial charge in [-0.25, -0.2) is 9.07 Å². The summed E-state index contributed by atoms with van der Waals surface area (Å²) < 4.78 is 15.7. The monoisotopic (exact) mass is 429 g/mol. The number of carbonyl (C=O) groups excluding carboxylic acids is 1. The van der Waals surface area contributed by atoms with E-state index in [4.69, 9.17) is 0 Å². The number of halogens is 2. The van der Waals surface area contributed by atoms with Crippen molar-refractivity contribution in [2.75, 3.05) is 5.32 Å². The fraction of sp³-hybridized carbons (Fsp3) is 0.150. The highest BCUT2D eigenvalue weighted by atomic mass is 79.9. The first-order valence-corrected chi connectivity index (χ1v) is 9.21. The first-order chi connectivity index (χ1) is 13.0. The van der Waals surface area contributed by atoms with Gasteiger partial charge in [-0.3, -0.25) is 9.59 Å². The number of benzene rings is 2. The second-order valence-corrected chi connectivity index (χ2v) is 6.84. The van der Waals surface area contributed by atoms with Crippen LogP contribution < -0.4 is 10.9 Å². The maximum Gasteiger partial charge on any atom is 0.266 e. The fourth-order valence-electron chi connectivity index (χ4n) is 2.56. The highest BCUT2D eigenvalue weighted by Crippen LogP contribution is 2.19. The molecule has 1 amide bonds. The molecule has 0 unspecified atom stereocenters. The van der Waals surface area contributed by atoms with Crippen LogP contribution in [0.3, 0.4) is 0 Å². The van der Waals surface area contributed by atoms with Crippen molar-refractivity contribution >= 4 is 27.5 Å². The van der Waals surface area contributed by atoms with Gasteiger partial charge in [0.05, 0.1) is 11.4 Å². The number of hydrogen-bond acceptors (Lipinski definition) is 3. The molecule has 0 aliphatic rings. The van der Waals surface area contributed by atoms with E-state index in [0.717, 1.165) is 5.56 Å². The normalized spacial score (nSPS) is 10.6. The van der Waals surface area contributed by atoms with Gasteiger partial charge in [0, 0.05) is 29.1 Å². The Balaban J connectivity index is 1.60. The van der Waals surface area contributed by atoms with Gasteiger partial charge in [-0.05, 0) is 30.7 Å². The van der Waals surface area contributed by atoms with Gasteiger partial charge in [0.2, 0.25) is 5.91 Å². The summed E-state index contributed by atoms with van der Waals surface area (Å²) in [6.07, 6.45) is 0.564. The summed E-state index contributed by atoms with van der Waals surface area (Å²) in [6.45, 7) is 0.301. The zero-order valence-corrected chi connectivity index (χ0v) is 15.9. The molecular formula is C20H17BrFN3O2. The molecule has 1 heterocycles. The summed E-state index contributed by atoms with van der Waals surface area (Å²) in [4.78, 5) is 24.0. The molecule has 27 heavy (non-hydrogen) atoms. The third kappa shape index (κ3) is 5.10. The van der Waals surface area contributed by atoms with Crippen LogP contribution in [-0.2, 0) is 11.3 Å². The molecule has 0 saturated heterocycles. The number of hydrogen-bond donors (Lipinski definition) is 1. The molecule has 0 spiro atoms.